The van der Waals surface area contributed by atoms with Crippen molar-refractivity contribution in [2.45, 2.75) is 135 Å². The summed E-state index contributed by atoms with van der Waals surface area (Å²) in [6.07, 6.45) is 27.5. The lowest BCUT2D eigenvalue weighted by Crippen LogP contribution is -2.67. The van der Waals surface area contributed by atoms with Crippen LogP contribution in [0.4, 0.5) is 0 Å². The van der Waals surface area contributed by atoms with Gasteiger partial charge in [-0.05, 0) is 124 Å². The van der Waals surface area contributed by atoms with Crippen molar-refractivity contribution in [1.82, 2.24) is 0 Å². The molecular formula is C32H54O2. The molecule has 8 saturated carbocycles. The van der Waals surface area contributed by atoms with Crippen LogP contribution in [0.5, 0.6) is 0 Å². The van der Waals surface area contributed by atoms with Crippen molar-refractivity contribution >= 4 is 0 Å². The summed E-state index contributed by atoms with van der Waals surface area (Å²) in [5.74, 6) is 6.10. The molecule has 0 aromatic carbocycles. The van der Waals surface area contributed by atoms with Gasteiger partial charge in [0.15, 0.2) is 5.79 Å². The summed E-state index contributed by atoms with van der Waals surface area (Å²) in [4.78, 5) is 0. The zero-order valence-electron chi connectivity index (χ0n) is 22.8. The highest BCUT2D eigenvalue weighted by Gasteiger charge is 2.68. The third-order valence-electron chi connectivity index (χ3n) is 12.5. The van der Waals surface area contributed by atoms with Gasteiger partial charge in [-0.25, -0.2) is 0 Å². The molecule has 2 nitrogen and oxygen atoms in total. The first-order valence-electron chi connectivity index (χ1n) is 15.6. The molecule has 0 amide bonds. The standard InChI is InChI=1S/C32H54O2/c1-4-5-6-7-8-9-10-29(30-17-23-11-24(18-30)13-25(12-23)19-30)32(33-2,34-3)31-20-26-14-27(21-31)16-28(15-26)22-31/h23-29H,4-22H2,1-3H3. The summed E-state index contributed by atoms with van der Waals surface area (Å²) >= 11 is 0. The van der Waals surface area contributed by atoms with Crippen LogP contribution in [0, 0.1) is 52.3 Å². The maximum atomic E-state index is 6.90. The van der Waals surface area contributed by atoms with Gasteiger partial charge in [-0.1, -0.05) is 45.4 Å². The highest BCUT2D eigenvalue weighted by Crippen LogP contribution is 2.71. The van der Waals surface area contributed by atoms with Crippen molar-refractivity contribution in [3.63, 3.8) is 0 Å². The van der Waals surface area contributed by atoms with Gasteiger partial charge in [-0.3, -0.25) is 0 Å². The van der Waals surface area contributed by atoms with Crippen molar-refractivity contribution < 1.29 is 9.47 Å². The normalized spacial score (nSPS) is 45.3. The fourth-order valence-electron chi connectivity index (χ4n) is 12.3. The molecule has 0 radical (unpaired) electrons. The minimum atomic E-state index is -0.349. The molecule has 1 unspecified atom stereocenters. The van der Waals surface area contributed by atoms with Gasteiger partial charge in [0.2, 0.25) is 0 Å². The van der Waals surface area contributed by atoms with Crippen LogP contribution in [-0.4, -0.2) is 20.0 Å². The maximum Gasteiger partial charge on any atom is 0.176 e. The Morgan fingerprint density at radius 3 is 1.47 bits per heavy atom. The van der Waals surface area contributed by atoms with Gasteiger partial charge in [0.1, 0.15) is 0 Å². The average molecular weight is 471 g/mol. The van der Waals surface area contributed by atoms with Crippen LogP contribution in [0.1, 0.15) is 129 Å². The molecular weight excluding hydrogens is 416 g/mol. The van der Waals surface area contributed by atoms with Gasteiger partial charge < -0.3 is 9.47 Å². The Balaban J connectivity index is 1.32. The fraction of sp³-hybridized carbons (Fsp3) is 1.00. The Labute approximate surface area is 210 Å². The Bertz CT molecular complexity index is 635. The number of unbranched alkanes of at least 4 members (excludes halogenated alkanes) is 5. The minimum Gasteiger partial charge on any atom is -0.352 e. The van der Waals surface area contributed by atoms with Crippen molar-refractivity contribution in [3.8, 4) is 0 Å². The highest BCUT2D eigenvalue weighted by atomic mass is 16.7. The number of hydrogen-bond acceptors (Lipinski definition) is 2. The lowest BCUT2D eigenvalue weighted by Gasteiger charge is -2.68. The lowest BCUT2D eigenvalue weighted by molar-refractivity contribution is -0.359. The lowest BCUT2D eigenvalue weighted by atomic mass is 9.40. The predicted octanol–water partition coefficient (Wildman–Crippen LogP) is 8.78. The average Bonchev–Trinajstić information content (AvgIpc) is 2.79. The van der Waals surface area contributed by atoms with Crippen LogP contribution < -0.4 is 0 Å². The number of ether oxygens (including phenoxy) is 2. The van der Waals surface area contributed by atoms with E-state index in [1.165, 1.54) is 122 Å². The predicted molar refractivity (Wildman–Crippen MR) is 139 cm³/mol. The molecule has 8 bridgehead atoms. The van der Waals surface area contributed by atoms with Crippen LogP contribution in [-0.2, 0) is 9.47 Å². The molecule has 0 heterocycles. The van der Waals surface area contributed by atoms with Crippen LogP contribution in [0.15, 0.2) is 0 Å². The smallest absolute Gasteiger partial charge is 0.176 e. The molecule has 2 heteroatoms. The van der Waals surface area contributed by atoms with Crippen molar-refractivity contribution in [3.05, 3.63) is 0 Å². The number of hydrogen-bond donors (Lipinski definition) is 0. The van der Waals surface area contributed by atoms with Gasteiger partial charge in [0, 0.05) is 25.6 Å². The van der Waals surface area contributed by atoms with Crippen LogP contribution in [0.2, 0.25) is 0 Å². The molecule has 1 atom stereocenters. The first-order chi connectivity index (χ1) is 16.5. The number of methoxy groups -OCH3 is 2. The van der Waals surface area contributed by atoms with Gasteiger partial charge >= 0.3 is 0 Å². The second-order valence-corrected chi connectivity index (χ2v) is 14.7. The van der Waals surface area contributed by atoms with E-state index < -0.39 is 0 Å². The van der Waals surface area contributed by atoms with E-state index in [4.69, 9.17) is 9.47 Å². The van der Waals surface area contributed by atoms with Crippen molar-refractivity contribution in [1.29, 1.82) is 0 Å². The molecule has 8 fully saturated rings. The quantitative estimate of drug-likeness (QED) is 0.209. The highest BCUT2D eigenvalue weighted by molar-refractivity contribution is 5.14. The monoisotopic (exact) mass is 470 g/mol. The maximum absolute atomic E-state index is 6.90. The van der Waals surface area contributed by atoms with Gasteiger partial charge in [0.05, 0.1) is 0 Å². The molecule has 0 aliphatic heterocycles. The van der Waals surface area contributed by atoms with E-state index in [-0.39, 0.29) is 11.2 Å². The largest absolute Gasteiger partial charge is 0.352 e. The van der Waals surface area contributed by atoms with Gasteiger partial charge in [-0.2, -0.15) is 0 Å². The molecule has 8 aliphatic rings. The third-order valence-corrected chi connectivity index (χ3v) is 12.5. The fourth-order valence-corrected chi connectivity index (χ4v) is 12.3. The topological polar surface area (TPSA) is 18.5 Å². The first-order valence-corrected chi connectivity index (χ1v) is 15.6. The van der Waals surface area contributed by atoms with Crippen molar-refractivity contribution in [2.75, 3.05) is 14.2 Å². The molecule has 0 N–H and O–H groups in total. The molecule has 8 rings (SSSR count). The van der Waals surface area contributed by atoms with Crippen LogP contribution >= 0.6 is 0 Å². The molecule has 0 aromatic rings. The van der Waals surface area contributed by atoms with Crippen LogP contribution in [0.25, 0.3) is 0 Å². The summed E-state index contributed by atoms with van der Waals surface area (Å²) in [5.41, 5.74) is 0.773. The molecule has 0 aromatic heterocycles. The van der Waals surface area contributed by atoms with Crippen LogP contribution in [0.3, 0.4) is 0 Å². The van der Waals surface area contributed by atoms with E-state index >= 15 is 0 Å². The zero-order valence-corrected chi connectivity index (χ0v) is 22.8. The Morgan fingerprint density at radius 1 is 0.618 bits per heavy atom. The first kappa shape index (κ1) is 24.3. The molecule has 0 saturated heterocycles. The Kier molecular flexibility index (Phi) is 6.67. The summed E-state index contributed by atoms with van der Waals surface area (Å²) in [6.45, 7) is 2.33. The van der Waals surface area contributed by atoms with Crippen molar-refractivity contribution in [2.24, 2.45) is 52.3 Å². The minimum absolute atomic E-state index is 0.279. The SMILES string of the molecule is CCCCCCCCC(C12CC3CC(CC(C3)C1)C2)C(OC)(OC)C12CC3CC(CC(C3)C1)C2. The molecule has 34 heavy (non-hydrogen) atoms. The molecule has 8 aliphatic carbocycles. The van der Waals surface area contributed by atoms with E-state index in [0.29, 0.717) is 11.3 Å². The second kappa shape index (κ2) is 9.34. The Morgan fingerprint density at radius 2 is 1.03 bits per heavy atom. The summed E-state index contributed by atoms with van der Waals surface area (Å²) in [5, 5.41) is 0. The Hall–Kier alpha value is -0.0800. The second-order valence-electron chi connectivity index (χ2n) is 14.7. The summed E-state index contributed by atoms with van der Waals surface area (Å²) < 4.78 is 13.8. The van der Waals surface area contributed by atoms with E-state index in [1.807, 2.05) is 0 Å². The van der Waals surface area contributed by atoms with Gasteiger partial charge in [-0.15, -0.1) is 0 Å². The zero-order chi connectivity index (χ0) is 23.4. The third kappa shape index (κ3) is 3.86. The summed E-state index contributed by atoms with van der Waals surface area (Å²) in [7, 11) is 4.10. The van der Waals surface area contributed by atoms with E-state index in [0.717, 1.165) is 35.5 Å². The molecule has 0 spiro atoms. The van der Waals surface area contributed by atoms with E-state index in [2.05, 4.69) is 21.1 Å². The van der Waals surface area contributed by atoms with Gasteiger partial charge in [0.25, 0.3) is 0 Å². The molecule has 194 valence electrons. The summed E-state index contributed by atoms with van der Waals surface area (Å²) in [6, 6.07) is 0. The van der Waals surface area contributed by atoms with E-state index in [1.54, 1.807) is 0 Å². The van der Waals surface area contributed by atoms with E-state index in [9.17, 15) is 0 Å². The number of rotatable bonds is 12.